The Morgan fingerprint density at radius 3 is 2.95 bits per heavy atom. The highest BCUT2D eigenvalue weighted by Crippen LogP contribution is 2.41. The number of aliphatic hydroxyl groups excluding tert-OH is 1. The third-order valence-corrected chi connectivity index (χ3v) is 5.52. The fraction of sp³-hybridized carbons (Fsp3) is 0.421. The molecule has 114 valence electrons. The van der Waals surface area contributed by atoms with E-state index in [4.69, 9.17) is 0 Å². The van der Waals surface area contributed by atoms with E-state index < -0.39 is 6.10 Å². The number of fused-ring (bicyclic) bond motifs is 4. The van der Waals surface area contributed by atoms with E-state index in [2.05, 4.69) is 28.6 Å². The van der Waals surface area contributed by atoms with Crippen molar-refractivity contribution in [2.45, 2.75) is 25.0 Å². The Balaban J connectivity index is 1.67. The summed E-state index contributed by atoms with van der Waals surface area (Å²) in [6.07, 6.45) is 5.76. The van der Waals surface area contributed by atoms with Crippen molar-refractivity contribution < 1.29 is 5.11 Å². The van der Waals surface area contributed by atoms with Crippen molar-refractivity contribution in [3.63, 3.8) is 0 Å². The summed E-state index contributed by atoms with van der Waals surface area (Å²) in [6.45, 7) is 6.11. The van der Waals surface area contributed by atoms with E-state index in [0.29, 0.717) is 11.8 Å². The molecule has 3 aliphatic rings. The SMILES string of the molecule is C=CC1CN2CC[C@H]1C[C@@H]2C(O)c1ccnc2ccccc12. The summed E-state index contributed by atoms with van der Waals surface area (Å²) in [5, 5.41) is 12.1. The van der Waals surface area contributed by atoms with Crippen LogP contribution in [0, 0.1) is 11.8 Å². The van der Waals surface area contributed by atoms with Crippen LogP contribution in [0.25, 0.3) is 10.9 Å². The standard InChI is InChI=1S/C19H22N2O/c1-2-13-12-21-10-8-14(13)11-18(21)19(22)16-7-9-20-17-6-4-3-5-15(16)17/h2-7,9,13-14,18-19,22H,1,8,10-12H2/t13?,14-,18+,19?/m0/s1. The first-order valence-electron chi connectivity index (χ1n) is 8.16. The summed E-state index contributed by atoms with van der Waals surface area (Å²) in [5.74, 6) is 1.27. The van der Waals surface area contributed by atoms with Crippen molar-refractivity contribution in [3.8, 4) is 0 Å². The highest BCUT2D eigenvalue weighted by atomic mass is 16.3. The van der Waals surface area contributed by atoms with Gasteiger partial charge in [0, 0.05) is 24.2 Å². The molecule has 3 nitrogen and oxygen atoms in total. The van der Waals surface area contributed by atoms with Gasteiger partial charge in [0.2, 0.25) is 0 Å². The summed E-state index contributed by atoms with van der Waals surface area (Å²) in [6, 6.07) is 10.3. The maximum absolute atomic E-state index is 11.0. The molecule has 2 aromatic rings. The average Bonchev–Trinajstić information content (AvgIpc) is 2.60. The van der Waals surface area contributed by atoms with Crippen molar-refractivity contribution >= 4 is 10.9 Å². The van der Waals surface area contributed by atoms with Crippen molar-refractivity contribution in [2.24, 2.45) is 11.8 Å². The molecule has 1 aromatic heterocycles. The second kappa shape index (κ2) is 5.49. The first-order valence-corrected chi connectivity index (χ1v) is 8.16. The molecular formula is C19H22N2O. The predicted molar refractivity (Wildman–Crippen MR) is 88.5 cm³/mol. The molecule has 5 rings (SSSR count). The number of nitrogens with zero attached hydrogens (tertiary/aromatic N) is 2. The zero-order chi connectivity index (χ0) is 15.1. The first kappa shape index (κ1) is 13.9. The van der Waals surface area contributed by atoms with Crippen LogP contribution in [-0.2, 0) is 0 Å². The molecule has 0 amide bonds. The maximum Gasteiger partial charge on any atom is 0.0952 e. The van der Waals surface area contributed by atoms with Crippen LogP contribution in [-0.4, -0.2) is 34.1 Å². The molecule has 1 N–H and O–H groups in total. The summed E-state index contributed by atoms with van der Waals surface area (Å²) in [7, 11) is 0. The van der Waals surface area contributed by atoms with Gasteiger partial charge in [-0.05, 0) is 48.9 Å². The molecule has 1 aromatic carbocycles. The Hall–Kier alpha value is -1.71. The number of rotatable bonds is 3. The number of aromatic nitrogens is 1. The maximum atomic E-state index is 11.0. The zero-order valence-corrected chi connectivity index (χ0v) is 12.7. The Labute approximate surface area is 131 Å². The molecule has 5 atom stereocenters. The number of hydrogen-bond donors (Lipinski definition) is 1. The molecule has 0 saturated carbocycles. The van der Waals surface area contributed by atoms with Gasteiger partial charge in [-0.1, -0.05) is 24.3 Å². The molecule has 3 saturated heterocycles. The van der Waals surface area contributed by atoms with Gasteiger partial charge in [-0.25, -0.2) is 0 Å². The summed E-state index contributed by atoms with van der Waals surface area (Å²) < 4.78 is 0. The lowest BCUT2D eigenvalue weighted by Gasteiger charge is -2.50. The molecule has 0 radical (unpaired) electrons. The number of para-hydroxylation sites is 1. The Kier molecular flexibility index (Phi) is 3.47. The van der Waals surface area contributed by atoms with Crippen LogP contribution in [0.15, 0.2) is 49.2 Å². The Morgan fingerprint density at radius 2 is 2.18 bits per heavy atom. The lowest BCUT2D eigenvalue weighted by molar-refractivity contribution is -0.0444. The molecule has 22 heavy (non-hydrogen) atoms. The minimum absolute atomic E-state index is 0.223. The fourth-order valence-electron chi connectivity index (χ4n) is 4.29. The van der Waals surface area contributed by atoms with E-state index >= 15 is 0 Å². The monoisotopic (exact) mass is 294 g/mol. The van der Waals surface area contributed by atoms with Crippen LogP contribution in [0.3, 0.4) is 0 Å². The van der Waals surface area contributed by atoms with E-state index in [9.17, 15) is 5.11 Å². The quantitative estimate of drug-likeness (QED) is 0.883. The smallest absolute Gasteiger partial charge is 0.0952 e. The highest BCUT2D eigenvalue weighted by molar-refractivity contribution is 5.82. The lowest BCUT2D eigenvalue weighted by atomic mass is 9.73. The molecule has 4 heterocycles. The molecule has 0 spiro atoms. The molecular weight excluding hydrogens is 272 g/mol. The average molecular weight is 294 g/mol. The molecule has 3 aliphatic heterocycles. The topological polar surface area (TPSA) is 36.4 Å². The van der Waals surface area contributed by atoms with Crippen molar-refractivity contribution in [2.75, 3.05) is 13.1 Å². The molecule has 3 fully saturated rings. The zero-order valence-electron chi connectivity index (χ0n) is 12.7. The number of benzene rings is 1. The van der Waals surface area contributed by atoms with Gasteiger partial charge in [0.25, 0.3) is 0 Å². The van der Waals surface area contributed by atoms with Crippen LogP contribution in [0.1, 0.15) is 24.5 Å². The molecule has 0 aliphatic carbocycles. The van der Waals surface area contributed by atoms with E-state index in [-0.39, 0.29) is 6.04 Å². The van der Waals surface area contributed by atoms with E-state index in [1.165, 1.54) is 6.42 Å². The van der Waals surface area contributed by atoms with Gasteiger partial charge in [-0.2, -0.15) is 0 Å². The summed E-state index contributed by atoms with van der Waals surface area (Å²) >= 11 is 0. The number of piperidine rings is 3. The second-order valence-electron chi connectivity index (χ2n) is 6.61. The Bertz CT molecular complexity index is 693. The predicted octanol–water partition coefficient (Wildman–Crippen LogP) is 3.16. The van der Waals surface area contributed by atoms with E-state index in [0.717, 1.165) is 36.0 Å². The van der Waals surface area contributed by atoms with Gasteiger partial charge < -0.3 is 5.11 Å². The van der Waals surface area contributed by atoms with Crippen molar-refractivity contribution in [1.82, 2.24) is 9.88 Å². The van der Waals surface area contributed by atoms with Gasteiger partial charge in [0.05, 0.1) is 11.6 Å². The lowest BCUT2D eigenvalue weighted by Crippen LogP contribution is -2.54. The number of hydrogen-bond acceptors (Lipinski definition) is 3. The van der Waals surface area contributed by atoms with Crippen LogP contribution in [0.4, 0.5) is 0 Å². The third-order valence-electron chi connectivity index (χ3n) is 5.52. The minimum atomic E-state index is -0.443. The van der Waals surface area contributed by atoms with Crippen LogP contribution < -0.4 is 0 Å². The third kappa shape index (κ3) is 2.16. The van der Waals surface area contributed by atoms with Gasteiger partial charge >= 0.3 is 0 Å². The van der Waals surface area contributed by atoms with E-state index in [1.54, 1.807) is 0 Å². The van der Waals surface area contributed by atoms with Crippen LogP contribution in [0.5, 0.6) is 0 Å². The largest absolute Gasteiger partial charge is 0.387 e. The highest BCUT2D eigenvalue weighted by Gasteiger charge is 2.42. The minimum Gasteiger partial charge on any atom is -0.387 e. The molecule has 2 bridgehead atoms. The van der Waals surface area contributed by atoms with Gasteiger partial charge in [0.1, 0.15) is 0 Å². The van der Waals surface area contributed by atoms with Crippen LogP contribution in [0.2, 0.25) is 0 Å². The van der Waals surface area contributed by atoms with Crippen LogP contribution >= 0.6 is 0 Å². The normalized spacial score (nSPS) is 32.0. The Morgan fingerprint density at radius 1 is 1.32 bits per heavy atom. The fourth-order valence-corrected chi connectivity index (χ4v) is 4.29. The second-order valence-corrected chi connectivity index (χ2v) is 6.61. The summed E-state index contributed by atoms with van der Waals surface area (Å²) in [4.78, 5) is 6.86. The van der Waals surface area contributed by atoms with Crippen molar-refractivity contribution in [1.29, 1.82) is 0 Å². The summed E-state index contributed by atoms with van der Waals surface area (Å²) in [5.41, 5.74) is 1.97. The number of pyridine rings is 1. The van der Waals surface area contributed by atoms with Gasteiger partial charge in [-0.15, -0.1) is 6.58 Å². The van der Waals surface area contributed by atoms with Gasteiger partial charge in [-0.3, -0.25) is 9.88 Å². The van der Waals surface area contributed by atoms with Gasteiger partial charge in [0.15, 0.2) is 0 Å². The van der Waals surface area contributed by atoms with E-state index in [1.807, 2.05) is 30.5 Å². The first-order chi connectivity index (χ1) is 10.8. The number of aliphatic hydroxyl groups is 1. The molecule has 3 unspecified atom stereocenters. The molecule has 3 heteroatoms. The van der Waals surface area contributed by atoms with Crippen molar-refractivity contribution in [3.05, 3.63) is 54.7 Å².